The number of anilines is 1. The zero-order valence-electron chi connectivity index (χ0n) is 26.7. The molecule has 2 heterocycles. The third-order valence-electron chi connectivity index (χ3n) is 8.71. The summed E-state index contributed by atoms with van der Waals surface area (Å²) in [5.74, 6) is 1.44. The van der Waals surface area contributed by atoms with Crippen molar-refractivity contribution in [3.05, 3.63) is 89.2 Å². The molecule has 47 heavy (non-hydrogen) atoms. The van der Waals surface area contributed by atoms with E-state index in [1.807, 2.05) is 12.1 Å². The predicted molar refractivity (Wildman–Crippen MR) is 179 cm³/mol. The van der Waals surface area contributed by atoms with E-state index in [-0.39, 0.29) is 23.9 Å². The van der Waals surface area contributed by atoms with Crippen molar-refractivity contribution in [2.24, 2.45) is 4.99 Å². The Kier molecular flexibility index (Phi) is 9.32. The molecule has 1 aromatic heterocycles. The first-order valence-electron chi connectivity index (χ1n) is 15.7. The zero-order valence-corrected chi connectivity index (χ0v) is 27.5. The molecule has 2 aliphatic rings. The van der Waals surface area contributed by atoms with E-state index >= 15 is 0 Å². The van der Waals surface area contributed by atoms with Crippen molar-refractivity contribution in [2.75, 3.05) is 10.7 Å². The fourth-order valence-electron chi connectivity index (χ4n) is 6.60. The van der Waals surface area contributed by atoms with Crippen molar-refractivity contribution in [1.29, 1.82) is 0 Å². The maximum absolute atomic E-state index is 13.2. The summed E-state index contributed by atoms with van der Waals surface area (Å²) >= 11 is 1.64. The maximum Gasteiger partial charge on any atom is 0.573 e. The average molecular weight is 663 g/mol. The van der Waals surface area contributed by atoms with Crippen LogP contribution in [-0.2, 0) is 0 Å². The number of hydrogen-bond donors (Lipinski definition) is 1. The van der Waals surface area contributed by atoms with E-state index in [1.165, 1.54) is 57.5 Å². The van der Waals surface area contributed by atoms with E-state index in [0.717, 1.165) is 47.9 Å². The van der Waals surface area contributed by atoms with Crippen LogP contribution in [0, 0.1) is 20.8 Å². The van der Waals surface area contributed by atoms with Gasteiger partial charge >= 0.3 is 12.4 Å². The Labute approximate surface area is 276 Å². The molecule has 1 N–H and O–H groups in total. The van der Waals surface area contributed by atoms with Crippen LogP contribution in [0.3, 0.4) is 0 Å². The molecule has 3 atom stereocenters. The van der Waals surface area contributed by atoms with E-state index in [1.54, 1.807) is 11.8 Å². The van der Waals surface area contributed by atoms with Crippen LogP contribution >= 0.6 is 11.8 Å². The Hall–Kier alpha value is -4.32. The SMILES string of the molecule is Cc1cc(C)c(N2/C(=N/C(=O)NC3CCC(c4ccc(-c5ncn(-c6ccc(OC(F)(F)F)cc6)n5)cc4)C3)SCCC2C)c(C)c1. The minimum absolute atomic E-state index is 0.0455. The molecular formula is C35H37F3N6O2S. The molecule has 3 unspecified atom stereocenters. The number of carbonyl (C=O) groups excluding carboxylic acids is 1. The van der Waals surface area contributed by atoms with Gasteiger partial charge in [-0.15, -0.1) is 18.3 Å². The first kappa shape index (κ1) is 32.6. The number of rotatable bonds is 6. The summed E-state index contributed by atoms with van der Waals surface area (Å²) in [6.07, 6.45) is 0.474. The highest BCUT2D eigenvalue weighted by molar-refractivity contribution is 8.14. The second-order valence-electron chi connectivity index (χ2n) is 12.3. The third kappa shape index (κ3) is 7.64. The van der Waals surface area contributed by atoms with Gasteiger partial charge in [-0.1, -0.05) is 53.7 Å². The van der Waals surface area contributed by atoms with Gasteiger partial charge in [0.1, 0.15) is 12.1 Å². The minimum atomic E-state index is -4.74. The van der Waals surface area contributed by atoms with Gasteiger partial charge in [-0.05, 0) is 100 Å². The fourth-order valence-corrected chi connectivity index (χ4v) is 7.80. The number of amides is 2. The highest BCUT2D eigenvalue weighted by Crippen LogP contribution is 2.37. The second-order valence-corrected chi connectivity index (χ2v) is 13.4. The quantitative estimate of drug-likeness (QED) is 0.223. The van der Waals surface area contributed by atoms with Crippen LogP contribution in [0.1, 0.15) is 60.8 Å². The van der Waals surface area contributed by atoms with Crippen molar-refractivity contribution in [3.63, 3.8) is 0 Å². The number of hydrogen-bond acceptors (Lipinski definition) is 5. The van der Waals surface area contributed by atoms with E-state index in [0.29, 0.717) is 17.4 Å². The lowest BCUT2D eigenvalue weighted by atomic mass is 9.96. The third-order valence-corrected chi connectivity index (χ3v) is 9.70. The predicted octanol–water partition coefficient (Wildman–Crippen LogP) is 8.49. The number of benzene rings is 3. The molecule has 2 fully saturated rings. The summed E-state index contributed by atoms with van der Waals surface area (Å²) in [5, 5.41) is 8.42. The number of nitrogens with one attached hydrogen (secondary N) is 1. The molecule has 246 valence electrons. The molecule has 8 nitrogen and oxygen atoms in total. The number of nitrogens with zero attached hydrogens (tertiary/aromatic N) is 5. The summed E-state index contributed by atoms with van der Waals surface area (Å²) in [5.41, 5.74) is 7.31. The van der Waals surface area contributed by atoms with E-state index < -0.39 is 6.36 Å². The lowest BCUT2D eigenvalue weighted by molar-refractivity contribution is -0.274. The largest absolute Gasteiger partial charge is 0.573 e. The van der Waals surface area contributed by atoms with Gasteiger partial charge < -0.3 is 15.0 Å². The topological polar surface area (TPSA) is 84.6 Å². The van der Waals surface area contributed by atoms with Gasteiger partial charge in [0.05, 0.1) is 5.69 Å². The van der Waals surface area contributed by atoms with Gasteiger partial charge in [0.15, 0.2) is 11.0 Å². The first-order chi connectivity index (χ1) is 22.4. The number of aromatic nitrogens is 3. The summed E-state index contributed by atoms with van der Waals surface area (Å²) in [6, 6.07) is 17.9. The number of aliphatic imine (C=N–C) groups is 1. The van der Waals surface area contributed by atoms with Crippen LogP contribution in [0.2, 0.25) is 0 Å². The first-order valence-corrected chi connectivity index (χ1v) is 16.7. The number of thioether (sulfide) groups is 1. The van der Waals surface area contributed by atoms with E-state index in [4.69, 9.17) is 0 Å². The highest BCUT2D eigenvalue weighted by Gasteiger charge is 2.32. The van der Waals surface area contributed by atoms with Crippen LogP contribution in [0.5, 0.6) is 5.75 Å². The number of halogens is 3. The lowest BCUT2D eigenvalue weighted by Crippen LogP contribution is -2.43. The van der Waals surface area contributed by atoms with Crippen LogP contribution < -0.4 is 15.0 Å². The highest BCUT2D eigenvalue weighted by atomic mass is 32.2. The van der Waals surface area contributed by atoms with Gasteiger partial charge in [-0.25, -0.2) is 14.5 Å². The summed E-state index contributed by atoms with van der Waals surface area (Å²) in [6.45, 7) is 8.54. The molecule has 0 spiro atoms. The molecule has 3 aromatic carbocycles. The van der Waals surface area contributed by atoms with Gasteiger partial charge in [-0.3, -0.25) is 0 Å². The number of carbonyl (C=O) groups is 1. The molecule has 0 bridgehead atoms. The molecule has 4 aromatic rings. The summed E-state index contributed by atoms with van der Waals surface area (Å²) in [7, 11) is 0. The minimum Gasteiger partial charge on any atom is -0.406 e. The molecule has 1 aliphatic heterocycles. The number of amidine groups is 1. The number of ether oxygens (including phenoxy) is 1. The molecule has 2 amide bonds. The molecule has 1 saturated heterocycles. The lowest BCUT2D eigenvalue weighted by Gasteiger charge is -2.37. The molecular weight excluding hydrogens is 625 g/mol. The van der Waals surface area contributed by atoms with Crippen molar-refractivity contribution in [3.8, 4) is 22.8 Å². The van der Waals surface area contributed by atoms with Crippen LogP contribution in [0.25, 0.3) is 17.1 Å². The van der Waals surface area contributed by atoms with Crippen molar-refractivity contribution in [1.82, 2.24) is 20.1 Å². The van der Waals surface area contributed by atoms with Gasteiger partial charge in [0.2, 0.25) is 0 Å². The molecule has 0 radical (unpaired) electrons. The molecule has 6 rings (SSSR count). The molecule has 12 heteroatoms. The number of aryl methyl sites for hydroxylation is 3. The normalized spacial score (nSPS) is 20.9. The Balaban J connectivity index is 1.07. The van der Waals surface area contributed by atoms with Crippen LogP contribution in [-0.4, -0.2) is 50.2 Å². The maximum atomic E-state index is 13.2. The summed E-state index contributed by atoms with van der Waals surface area (Å²) < 4.78 is 42.8. The van der Waals surface area contributed by atoms with Gasteiger partial charge in [-0.2, -0.15) is 4.99 Å². The monoisotopic (exact) mass is 662 g/mol. The number of alkyl halides is 3. The van der Waals surface area contributed by atoms with E-state index in [9.17, 15) is 18.0 Å². The average Bonchev–Trinajstić information content (AvgIpc) is 3.68. The Morgan fingerprint density at radius 3 is 2.38 bits per heavy atom. The molecule has 1 aliphatic carbocycles. The second kappa shape index (κ2) is 13.4. The summed E-state index contributed by atoms with van der Waals surface area (Å²) in [4.78, 5) is 24.4. The molecule has 1 saturated carbocycles. The zero-order chi connectivity index (χ0) is 33.3. The standard InChI is InChI=1S/C35H37F3N6O2S/c1-21-17-22(2)31(23(3)18-21)44-24(4)15-16-47-34(44)41-33(45)40-28-10-9-27(19-28)25-5-7-26(8-6-25)32-39-20-43(42-32)29-11-13-30(14-12-29)46-35(36,37)38/h5-8,11-14,17-18,20,24,27-28H,9-10,15-16,19H2,1-4H3,(H,40,45)/b41-34-. The Morgan fingerprint density at radius 2 is 1.70 bits per heavy atom. The van der Waals surface area contributed by atoms with Crippen LogP contribution in [0.15, 0.2) is 72.0 Å². The van der Waals surface area contributed by atoms with E-state index in [2.05, 4.69) is 82.0 Å². The van der Waals surface area contributed by atoms with Crippen molar-refractivity contribution in [2.45, 2.75) is 77.7 Å². The smallest absolute Gasteiger partial charge is 0.406 e. The van der Waals surface area contributed by atoms with Gasteiger partial charge in [0, 0.05) is 29.1 Å². The van der Waals surface area contributed by atoms with Crippen molar-refractivity contribution >= 4 is 28.6 Å². The van der Waals surface area contributed by atoms with Crippen molar-refractivity contribution < 1.29 is 22.7 Å². The Bertz CT molecular complexity index is 1750. The fraction of sp³-hybridized carbons (Fsp3) is 0.371. The number of urea groups is 1. The van der Waals surface area contributed by atoms with Gasteiger partial charge in [0.25, 0.3) is 0 Å². The Morgan fingerprint density at radius 1 is 1.00 bits per heavy atom. The van der Waals surface area contributed by atoms with Crippen LogP contribution in [0.4, 0.5) is 23.7 Å².